The Bertz CT molecular complexity index is 681. The van der Waals surface area contributed by atoms with Gasteiger partial charge in [0.2, 0.25) is 0 Å². The van der Waals surface area contributed by atoms with Gasteiger partial charge in [-0.15, -0.1) is 0 Å². The summed E-state index contributed by atoms with van der Waals surface area (Å²) < 4.78 is 5.56. The van der Waals surface area contributed by atoms with Gasteiger partial charge in [-0.25, -0.2) is 10.2 Å². The van der Waals surface area contributed by atoms with Gasteiger partial charge in [0.05, 0.1) is 11.7 Å². The highest BCUT2D eigenvalue weighted by molar-refractivity contribution is 5.94. The zero-order chi connectivity index (χ0) is 20.1. The minimum atomic E-state index is -0.325. The highest BCUT2D eigenvalue weighted by Gasteiger charge is 2.37. The minimum absolute atomic E-state index is 0.0388. The summed E-state index contributed by atoms with van der Waals surface area (Å²) >= 11 is 0. The molecule has 8 heteroatoms. The second-order valence-corrected chi connectivity index (χ2v) is 7.90. The normalized spacial score (nSPS) is 28.0. The van der Waals surface area contributed by atoms with E-state index in [2.05, 4.69) is 26.5 Å². The summed E-state index contributed by atoms with van der Waals surface area (Å²) in [7, 11) is 0. The number of pyridine rings is 1. The number of carbonyl (C=O) groups is 2. The summed E-state index contributed by atoms with van der Waals surface area (Å²) in [5.41, 5.74) is 7.89. The van der Waals surface area contributed by atoms with E-state index in [4.69, 9.17) is 4.74 Å². The molecule has 8 nitrogen and oxygen atoms in total. The van der Waals surface area contributed by atoms with Crippen molar-refractivity contribution in [1.82, 2.24) is 26.5 Å². The number of nitrogens with zero attached hydrogens (tertiary/aromatic N) is 1. The third-order valence-corrected chi connectivity index (χ3v) is 5.66. The first kappa shape index (κ1) is 20.5. The first-order chi connectivity index (χ1) is 13.4. The van der Waals surface area contributed by atoms with Gasteiger partial charge in [0.25, 0.3) is 5.91 Å². The number of amides is 2. The number of hydrogen-bond acceptors (Lipinski definition) is 6. The van der Waals surface area contributed by atoms with Gasteiger partial charge in [0, 0.05) is 24.0 Å². The van der Waals surface area contributed by atoms with E-state index in [9.17, 15) is 9.59 Å². The lowest BCUT2D eigenvalue weighted by molar-refractivity contribution is 0.0924. The summed E-state index contributed by atoms with van der Waals surface area (Å²) in [6.07, 6.45) is 5.49. The van der Waals surface area contributed by atoms with Crippen LogP contribution in [0.2, 0.25) is 0 Å². The maximum absolute atomic E-state index is 12.3. The molecule has 0 aromatic carbocycles. The second kappa shape index (κ2) is 9.34. The lowest BCUT2D eigenvalue weighted by atomic mass is 9.96. The Hall–Kier alpha value is -2.19. The van der Waals surface area contributed by atoms with Crippen molar-refractivity contribution in [2.45, 2.75) is 77.2 Å². The Balaban J connectivity index is 1.42. The van der Waals surface area contributed by atoms with E-state index in [1.807, 2.05) is 26.8 Å². The van der Waals surface area contributed by atoms with Crippen LogP contribution in [0.4, 0.5) is 4.79 Å². The number of carbonyl (C=O) groups excluding carboxylic acids is 2. The van der Waals surface area contributed by atoms with Crippen molar-refractivity contribution in [3.63, 3.8) is 0 Å². The molecule has 154 valence electrons. The molecule has 2 heterocycles. The smallest absolute Gasteiger partial charge is 0.407 e. The molecular weight excluding hydrogens is 358 g/mol. The Morgan fingerprint density at radius 2 is 2.11 bits per heavy atom. The van der Waals surface area contributed by atoms with E-state index >= 15 is 0 Å². The predicted octanol–water partition coefficient (Wildman–Crippen LogP) is 2.01. The summed E-state index contributed by atoms with van der Waals surface area (Å²) in [6, 6.07) is 3.97. The molecule has 3 rings (SSSR count). The van der Waals surface area contributed by atoms with Crippen molar-refractivity contribution >= 4 is 12.0 Å². The van der Waals surface area contributed by atoms with Gasteiger partial charge in [-0.05, 0) is 64.0 Å². The number of nitrogens with one attached hydrogen (secondary N) is 4. The Kier molecular flexibility index (Phi) is 6.85. The molecule has 2 fully saturated rings. The number of aromatic nitrogens is 1. The van der Waals surface area contributed by atoms with Gasteiger partial charge < -0.3 is 15.4 Å². The Morgan fingerprint density at radius 1 is 1.29 bits per heavy atom. The maximum Gasteiger partial charge on any atom is 0.407 e. The van der Waals surface area contributed by atoms with Crippen LogP contribution in [0.25, 0.3) is 0 Å². The molecule has 4 N–H and O–H groups in total. The van der Waals surface area contributed by atoms with E-state index in [0.29, 0.717) is 11.5 Å². The van der Waals surface area contributed by atoms with Crippen molar-refractivity contribution < 1.29 is 14.3 Å². The molecule has 1 saturated carbocycles. The van der Waals surface area contributed by atoms with Crippen LogP contribution in [-0.4, -0.2) is 41.3 Å². The van der Waals surface area contributed by atoms with Gasteiger partial charge in [-0.2, -0.15) is 0 Å². The van der Waals surface area contributed by atoms with E-state index in [-0.39, 0.29) is 36.4 Å². The van der Waals surface area contributed by atoms with Crippen LogP contribution in [0, 0.1) is 12.8 Å². The fourth-order valence-electron chi connectivity index (χ4n) is 3.76. The van der Waals surface area contributed by atoms with E-state index in [1.165, 1.54) is 0 Å². The monoisotopic (exact) mass is 389 g/mol. The highest BCUT2D eigenvalue weighted by atomic mass is 16.6. The molecule has 2 amide bonds. The third kappa shape index (κ3) is 5.42. The molecule has 0 spiro atoms. The van der Waals surface area contributed by atoms with Gasteiger partial charge >= 0.3 is 6.09 Å². The minimum Gasteiger partial charge on any atom is -0.446 e. The molecule has 2 unspecified atom stereocenters. The van der Waals surface area contributed by atoms with Crippen LogP contribution in [0.1, 0.15) is 62.0 Å². The SMILES string of the molecule is CC[C@H](C)NC(=O)O[C@@H]1CC[C@H](C2CC(NC(=O)c3ccc(C)nc3)NN2)C1. The average molecular weight is 390 g/mol. The van der Waals surface area contributed by atoms with E-state index in [1.54, 1.807) is 12.3 Å². The lowest BCUT2D eigenvalue weighted by Crippen LogP contribution is -2.44. The van der Waals surface area contributed by atoms with Crippen LogP contribution in [-0.2, 0) is 4.74 Å². The average Bonchev–Trinajstić information content (AvgIpc) is 3.31. The van der Waals surface area contributed by atoms with Crippen LogP contribution >= 0.6 is 0 Å². The number of hydrazine groups is 1. The van der Waals surface area contributed by atoms with Crippen molar-refractivity contribution in [3.8, 4) is 0 Å². The molecule has 5 atom stereocenters. The van der Waals surface area contributed by atoms with Gasteiger partial charge in [-0.3, -0.25) is 15.2 Å². The van der Waals surface area contributed by atoms with Gasteiger partial charge in [0.1, 0.15) is 6.10 Å². The molecule has 1 aliphatic heterocycles. The maximum atomic E-state index is 12.3. The number of ether oxygens (including phenoxy) is 1. The van der Waals surface area contributed by atoms with Crippen LogP contribution < -0.4 is 21.5 Å². The standard InChI is InChI=1S/C20H31N5O3/c1-4-12(2)22-20(27)28-16-8-7-14(9-16)17-10-18(25-24-17)23-19(26)15-6-5-13(3)21-11-15/h5-6,11-12,14,16-18,24-25H,4,7-10H2,1-3H3,(H,22,27)(H,23,26)/t12-,14-,16+,17?,18?/m0/s1. The van der Waals surface area contributed by atoms with Gasteiger partial charge in [-0.1, -0.05) is 6.92 Å². The zero-order valence-corrected chi connectivity index (χ0v) is 16.8. The highest BCUT2D eigenvalue weighted by Crippen LogP contribution is 2.32. The summed E-state index contributed by atoms with van der Waals surface area (Å²) in [4.78, 5) is 28.4. The predicted molar refractivity (Wildman–Crippen MR) is 105 cm³/mol. The molecule has 1 saturated heterocycles. The number of hydrogen-bond donors (Lipinski definition) is 4. The molecule has 1 aliphatic carbocycles. The van der Waals surface area contributed by atoms with E-state index in [0.717, 1.165) is 37.8 Å². The first-order valence-corrected chi connectivity index (χ1v) is 10.2. The molecule has 1 aromatic heterocycles. The second-order valence-electron chi connectivity index (χ2n) is 7.90. The molecule has 0 bridgehead atoms. The lowest BCUT2D eigenvalue weighted by Gasteiger charge is -2.19. The summed E-state index contributed by atoms with van der Waals surface area (Å²) in [6.45, 7) is 5.88. The topological polar surface area (TPSA) is 104 Å². The fraction of sp³-hybridized carbons (Fsp3) is 0.650. The summed E-state index contributed by atoms with van der Waals surface area (Å²) in [5.74, 6) is 0.277. The number of alkyl carbamates (subject to hydrolysis) is 1. The number of rotatable bonds is 6. The summed E-state index contributed by atoms with van der Waals surface area (Å²) in [5, 5.41) is 5.84. The zero-order valence-electron chi connectivity index (χ0n) is 16.8. The third-order valence-electron chi connectivity index (χ3n) is 5.66. The largest absolute Gasteiger partial charge is 0.446 e. The van der Waals surface area contributed by atoms with Gasteiger partial charge in [0.15, 0.2) is 0 Å². The van der Waals surface area contributed by atoms with Crippen LogP contribution in [0.3, 0.4) is 0 Å². The van der Waals surface area contributed by atoms with Crippen LogP contribution in [0.15, 0.2) is 18.3 Å². The Morgan fingerprint density at radius 3 is 2.82 bits per heavy atom. The molecule has 28 heavy (non-hydrogen) atoms. The first-order valence-electron chi connectivity index (χ1n) is 10.2. The molecular formula is C20H31N5O3. The van der Waals surface area contributed by atoms with Crippen LogP contribution in [0.5, 0.6) is 0 Å². The van der Waals surface area contributed by atoms with Crippen molar-refractivity contribution in [2.24, 2.45) is 5.92 Å². The number of aryl methyl sites for hydroxylation is 1. The Labute approximate surface area is 166 Å². The molecule has 0 radical (unpaired) electrons. The quantitative estimate of drug-likeness (QED) is 0.593. The van der Waals surface area contributed by atoms with Crippen molar-refractivity contribution in [1.29, 1.82) is 0 Å². The fourth-order valence-corrected chi connectivity index (χ4v) is 3.76. The van der Waals surface area contributed by atoms with E-state index < -0.39 is 0 Å². The molecule has 1 aromatic rings. The van der Waals surface area contributed by atoms with Crippen molar-refractivity contribution in [2.75, 3.05) is 0 Å². The van der Waals surface area contributed by atoms with Crippen molar-refractivity contribution in [3.05, 3.63) is 29.6 Å². The molecule has 2 aliphatic rings.